The first kappa shape index (κ1) is 14.3. The van der Waals surface area contributed by atoms with Crippen molar-refractivity contribution in [2.45, 2.75) is 26.2 Å². The predicted molar refractivity (Wildman–Crippen MR) is 84.4 cm³/mol. The van der Waals surface area contributed by atoms with Crippen LogP contribution in [0.5, 0.6) is 0 Å². The van der Waals surface area contributed by atoms with Gasteiger partial charge in [-0.1, -0.05) is 6.92 Å². The highest BCUT2D eigenvalue weighted by Crippen LogP contribution is 2.24. The molecular weight excluding hydrogens is 264 g/mol. The molecule has 1 atom stereocenters. The number of aryl methyl sites for hydroxylation is 1. The van der Waals surface area contributed by atoms with Gasteiger partial charge in [0, 0.05) is 20.1 Å². The summed E-state index contributed by atoms with van der Waals surface area (Å²) in [5.41, 5.74) is 0.905. The van der Waals surface area contributed by atoms with Crippen molar-refractivity contribution in [1.82, 2.24) is 25.1 Å². The molecule has 2 aromatic heterocycles. The van der Waals surface area contributed by atoms with E-state index in [0.717, 1.165) is 49.5 Å². The van der Waals surface area contributed by atoms with Gasteiger partial charge in [-0.25, -0.2) is 9.97 Å². The van der Waals surface area contributed by atoms with Gasteiger partial charge in [0.1, 0.15) is 12.1 Å². The van der Waals surface area contributed by atoms with Crippen molar-refractivity contribution < 1.29 is 0 Å². The van der Waals surface area contributed by atoms with Crippen LogP contribution >= 0.6 is 0 Å². The molecule has 0 aromatic carbocycles. The molecular formula is C15H24N6. The standard InChI is InChI=1S/C15H24N6/c1-3-7-21(10-12-5-4-6-16-8-12)15-13-9-19-20(2)14(13)17-11-18-15/h9,11-12,16H,3-8,10H2,1-2H3. The monoisotopic (exact) mass is 288 g/mol. The highest BCUT2D eigenvalue weighted by Gasteiger charge is 2.20. The lowest BCUT2D eigenvalue weighted by Gasteiger charge is -2.31. The molecule has 2 aromatic rings. The molecule has 1 aliphatic rings. The first-order chi connectivity index (χ1) is 10.3. The smallest absolute Gasteiger partial charge is 0.163 e. The van der Waals surface area contributed by atoms with Crippen LogP contribution in [-0.4, -0.2) is 45.9 Å². The Morgan fingerprint density at radius 3 is 3.10 bits per heavy atom. The van der Waals surface area contributed by atoms with Gasteiger partial charge in [0.2, 0.25) is 0 Å². The second-order valence-corrected chi connectivity index (χ2v) is 5.86. The van der Waals surface area contributed by atoms with Crippen LogP contribution in [0.4, 0.5) is 5.82 Å². The fourth-order valence-electron chi connectivity index (χ4n) is 3.15. The number of piperidine rings is 1. The SMILES string of the molecule is CCCN(CC1CCCNC1)c1ncnc2c1cnn2C. The van der Waals surface area contributed by atoms with Gasteiger partial charge in [-0.05, 0) is 38.3 Å². The quantitative estimate of drug-likeness (QED) is 0.905. The fourth-order valence-corrected chi connectivity index (χ4v) is 3.15. The summed E-state index contributed by atoms with van der Waals surface area (Å²) < 4.78 is 1.81. The maximum Gasteiger partial charge on any atom is 0.163 e. The number of nitrogens with zero attached hydrogens (tertiary/aromatic N) is 5. The Balaban J connectivity index is 1.87. The zero-order valence-corrected chi connectivity index (χ0v) is 12.9. The molecule has 0 aliphatic carbocycles. The molecule has 1 N–H and O–H groups in total. The molecule has 3 heterocycles. The first-order valence-electron chi connectivity index (χ1n) is 7.88. The minimum absolute atomic E-state index is 0.701. The Kier molecular flexibility index (Phi) is 4.34. The Morgan fingerprint density at radius 1 is 1.43 bits per heavy atom. The second kappa shape index (κ2) is 6.39. The zero-order valence-electron chi connectivity index (χ0n) is 12.9. The largest absolute Gasteiger partial charge is 0.356 e. The van der Waals surface area contributed by atoms with E-state index in [4.69, 9.17) is 0 Å². The third-order valence-corrected chi connectivity index (χ3v) is 4.18. The van der Waals surface area contributed by atoms with Crippen molar-refractivity contribution in [3.05, 3.63) is 12.5 Å². The molecule has 6 nitrogen and oxygen atoms in total. The molecule has 1 unspecified atom stereocenters. The molecule has 1 aliphatic heterocycles. The lowest BCUT2D eigenvalue weighted by molar-refractivity contribution is 0.376. The molecule has 3 rings (SSSR count). The van der Waals surface area contributed by atoms with Crippen molar-refractivity contribution in [3.63, 3.8) is 0 Å². The minimum atomic E-state index is 0.701. The van der Waals surface area contributed by atoms with Gasteiger partial charge < -0.3 is 10.2 Å². The molecule has 0 spiro atoms. The predicted octanol–water partition coefficient (Wildman–Crippen LogP) is 1.58. The lowest BCUT2D eigenvalue weighted by atomic mass is 9.99. The molecule has 6 heteroatoms. The molecule has 0 radical (unpaired) electrons. The summed E-state index contributed by atoms with van der Waals surface area (Å²) in [5, 5.41) is 8.87. The number of anilines is 1. The number of fused-ring (bicyclic) bond motifs is 1. The Hall–Kier alpha value is -1.69. The van der Waals surface area contributed by atoms with Crippen molar-refractivity contribution in [2.24, 2.45) is 13.0 Å². The van der Waals surface area contributed by atoms with Crippen LogP contribution in [0.15, 0.2) is 12.5 Å². The van der Waals surface area contributed by atoms with E-state index in [0.29, 0.717) is 5.92 Å². The molecule has 1 fully saturated rings. The van der Waals surface area contributed by atoms with E-state index >= 15 is 0 Å². The third kappa shape index (κ3) is 3.00. The average molecular weight is 288 g/mol. The maximum atomic E-state index is 4.55. The van der Waals surface area contributed by atoms with E-state index in [1.165, 1.54) is 12.8 Å². The fraction of sp³-hybridized carbons (Fsp3) is 0.667. The highest BCUT2D eigenvalue weighted by atomic mass is 15.3. The van der Waals surface area contributed by atoms with Crippen LogP contribution in [0.3, 0.4) is 0 Å². The summed E-state index contributed by atoms with van der Waals surface area (Å²) in [7, 11) is 1.92. The van der Waals surface area contributed by atoms with Gasteiger partial charge in [0.15, 0.2) is 5.65 Å². The van der Waals surface area contributed by atoms with Gasteiger partial charge in [-0.3, -0.25) is 4.68 Å². The molecule has 21 heavy (non-hydrogen) atoms. The summed E-state index contributed by atoms with van der Waals surface area (Å²) in [6.45, 7) is 6.57. The molecule has 0 saturated carbocycles. The van der Waals surface area contributed by atoms with Crippen molar-refractivity contribution in [3.8, 4) is 0 Å². The van der Waals surface area contributed by atoms with Gasteiger partial charge >= 0.3 is 0 Å². The Morgan fingerprint density at radius 2 is 2.33 bits per heavy atom. The van der Waals surface area contributed by atoms with Crippen LogP contribution < -0.4 is 10.2 Å². The van der Waals surface area contributed by atoms with E-state index in [1.807, 2.05) is 17.9 Å². The van der Waals surface area contributed by atoms with Gasteiger partial charge in [0.25, 0.3) is 0 Å². The van der Waals surface area contributed by atoms with Gasteiger partial charge in [-0.2, -0.15) is 5.10 Å². The minimum Gasteiger partial charge on any atom is -0.356 e. The van der Waals surface area contributed by atoms with Crippen LogP contribution in [0.25, 0.3) is 11.0 Å². The molecule has 114 valence electrons. The summed E-state index contributed by atoms with van der Waals surface area (Å²) in [5.74, 6) is 1.73. The van der Waals surface area contributed by atoms with E-state index in [9.17, 15) is 0 Å². The van der Waals surface area contributed by atoms with Gasteiger partial charge in [-0.15, -0.1) is 0 Å². The normalized spacial score (nSPS) is 19.0. The maximum absolute atomic E-state index is 4.55. The van der Waals surface area contributed by atoms with E-state index in [1.54, 1.807) is 6.33 Å². The third-order valence-electron chi connectivity index (χ3n) is 4.18. The van der Waals surface area contributed by atoms with E-state index < -0.39 is 0 Å². The number of hydrogen-bond donors (Lipinski definition) is 1. The molecule has 0 bridgehead atoms. The van der Waals surface area contributed by atoms with Gasteiger partial charge in [0.05, 0.1) is 11.6 Å². The lowest BCUT2D eigenvalue weighted by Crippen LogP contribution is -2.39. The number of hydrogen-bond acceptors (Lipinski definition) is 5. The molecule has 1 saturated heterocycles. The van der Waals surface area contributed by atoms with Crippen molar-refractivity contribution in [2.75, 3.05) is 31.1 Å². The van der Waals surface area contributed by atoms with E-state index in [-0.39, 0.29) is 0 Å². The van der Waals surface area contributed by atoms with Crippen molar-refractivity contribution in [1.29, 1.82) is 0 Å². The van der Waals surface area contributed by atoms with Crippen LogP contribution in [-0.2, 0) is 7.05 Å². The summed E-state index contributed by atoms with van der Waals surface area (Å²) >= 11 is 0. The van der Waals surface area contributed by atoms with E-state index in [2.05, 4.69) is 32.2 Å². The Bertz CT molecular complexity index is 587. The van der Waals surface area contributed by atoms with Crippen LogP contribution in [0.1, 0.15) is 26.2 Å². The number of aromatic nitrogens is 4. The average Bonchev–Trinajstić information content (AvgIpc) is 2.90. The Labute approximate surface area is 125 Å². The highest BCUT2D eigenvalue weighted by molar-refractivity contribution is 5.86. The summed E-state index contributed by atoms with van der Waals surface area (Å²) in [4.78, 5) is 11.3. The zero-order chi connectivity index (χ0) is 14.7. The first-order valence-corrected chi connectivity index (χ1v) is 7.88. The van der Waals surface area contributed by atoms with Crippen LogP contribution in [0.2, 0.25) is 0 Å². The second-order valence-electron chi connectivity index (χ2n) is 5.86. The topological polar surface area (TPSA) is 58.9 Å². The number of nitrogens with one attached hydrogen (secondary N) is 1. The van der Waals surface area contributed by atoms with Crippen molar-refractivity contribution >= 4 is 16.9 Å². The summed E-state index contributed by atoms with van der Waals surface area (Å²) in [6, 6.07) is 0. The van der Waals surface area contributed by atoms with Crippen LogP contribution in [0, 0.1) is 5.92 Å². The summed E-state index contributed by atoms with van der Waals surface area (Å²) in [6.07, 6.45) is 7.23. The molecule has 0 amide bonds. The number of rotatable bonds is 5.